The number of thiol groups is 1. The fourth-order valence-corrected chi connectivity index (χ4v) is 5.09. The normalized spacial score (nSPS) is 17.9. The highest BCUT2D eigenvalue weighted by Crippen LogP contribution is 2.20. The van der Waals surface area contributed by atoms with Crippen LogP contribution in [0.3, 0.4) is 0 Å². The number of aliphatic hydroxyl groups is 1. The van der Waals surface area contributed by atoms with Crippen LogP contribution in [-0.4, -0.2) is 123 Å². The number of carboxylic acid groups (broad SMARTS) is 1. The summed E-state index contributed by atoms with van der Waals surface area (Å²) in [4.78, 5) is 113. The minimum Gasteiger partial charge on any atom is -0.480 e. The number of rotatable bonds is 19. The maximum Gasteiger partial charge on any atom is 0.326 e. The molecule has 1 aliphatic rings. The van der Waals surface area contributed by atoms with Crippen LogP contribution in [0.1, 0.15) is 59.8 Å². The highest BCUT2D eigenvalue weighted by Gasteiger charge is 2.41. The van der Waals surface area contributed by atoms with E-state index in [0.29, 0.717) is 6.42 Å². The van der Waals surface area contributed by atoms with Crippen LogP contribution >= 0.6 is 12.6 Å². The minimum absolute atomic E-state index is 0.0119. The van der Waals surface area contributed by atoms with Crippen molar-refractivity contribution in [2.24, 2.45) is 17.4 Å². The Balaban J connectivity index is 3.16. The molecule has 1 fully saturated rings. The first-order valence-corrected chi connectivity index (χ1v) is 15.8. The Labute approximate surface area is 282 Å². The van der Waals surface area contributed by atoms with Crippen molar-refractivity contribution in [3.05, 3.63) is 0 Å². The number of amides is 8. The Bertz CT molecular complexity index is 1250. The molecule has 48 heavy (non-hydrogen) atoms. The predicted molar refractivity (Wildman–Crippen MR) is 170 cm³/mol. The summed E-state index contributed by atoms with van der Waals surface area (Å²) in [7, 11) is 0. The van der Waals surface area contributed by atoms with Crippen molar-refractivity contribution in [2.75, 3.05) is 12.3 Å². The Morgan fingerprint density at radius 2 is 1.40 bits per heavy atom. The highest BCUT2D eigenvalue weighted by atomic mass is 32.1. The molecule has 11 N–H and O–H groups in total. The third kappa shape index (κ3) is 13.0. The summed E-state index contributed by atoms with van der Waals surface area (Å²) in [5, 5.41) is 31.6. The zero-order valence-corrected chi connectivity index (χ0v) is 28.1. The average Bonchev–Trinajstić information content (AvgIpc) is 3.47. The van der Waals surface area contributed by atoms with Crippen LogP contribution in [0.15, 0.2) is 0 Å². The molecule has 0 aliphatic carbocycles. The summed E-state index contributed by atoms with van der Waals surface area (Å²) >= 11 is 4.03. The summed E-state index contributed by atoms with van der Waals surface area (Å²) < 4.78 is 0. The molecule has 0 aromatic carbocycles. The molecule has 1 saturated heterocycles. The number of carbonyl (C=O) groups excluding carboxylic acids is 8. The Kier molecular flexibility index (Phi) is 16.8. The lowest BCUT2D eigenvalue weighted by atomic mass is 10.0. The van der Waals surface area contributed by atoms with E-state index in [-0.39, 0.29) is 31.6 Å². The number of carboxylic acids is 1. The van der Waals surface area contributed by atoms with Crippen molar-refractivity contribution in [2.45, 2.75) is 102 Å². The van der Waals surface area contributed by atoms with E-state index >= 15 is 0 Å². The van der Waals surface area contributed by atoms with Crippen molar-refractivity contribution in [3.8, 4) is 0 Å². The van der Waals surface area contributed by atoms with Crippen molar-refractivity contribution in [1.29, 1.82) is 0 Å². The maximum absolute atomic E-state index is 13.6. The maximum atomic E-state index is 13.6. The number of likely N-dealkylation sites (tertiary alicyclic amines) is 1. The molecular weight excluding hydrogens is 656 g/mol. The lowest BCUT2D eigenvalue weighted by Gasteiger charge is -2.31. The first-order chi connectivity index (χ1) is 22.3. The topological polar surface area (TPSA) is 310 Å². The van der Waals surface area contributed by atoms with E-state index in [1.165, 1.54) is 13.8 Å². The van der Waals surface area contributed by atoms with Crippen LogP contribution in [0.2, 0.25) is 0 Å². The van der Waals surface area contributed by atoms with Gasteiger partial charge in [-0.2, -0.15) is 12.6 Å². The van der Waals surface area contributed by atoms with Gasteiger partial charge in [-0.05, 0) is 32.1 Å². The number of hydrogen-bond acceptors (Lipinski definition) is 11. The van der Waals surface area contributed by atoms with Crippen molar-refractivity contribution >= 4 is 65.9 Å². The van der Waals surface area contributed by atoms with Gasteiger partial charge in [0.15, 0.2) is 0 Å². The average molecular weight is 703 g/mol. The van der Waals surface area contributed by atoms with Gasteiger partial charge in [-0.3, -0.25) is 38.4 Å². The zero-order valence-electron chi connectivity index (χ0n) is 27.2. The number of primary amides is 2. The van der Waals surface area contributed by atoms with Crippen molar-refractivity contribution < 1.29 is 53.4 Å². The second-order valence-electron chi connectivity index (χ2n) is 11.7. The molecule has 0 unspecified atom stereocenters. The number of hydrogen-bond donors (Lipinski definition) is 10. The Hall–Kier alpha value is -4.46. The molecular formula is C28H46N8O11S. The summed E-state index contributed by atoms with van der Waals surface area (Å²) in [5.74, 6) is -8.85. The zero-order chi connectivity index (χ0) is 36.9. The summed E-state index contributed by atoms with van der Waals surface area (Å²) in [5.41, 5.74) is 10.4. The quantitative estimate of drug-likeness (QED) is 0.0573. The van der Waals surface area contributed by atoms with E-state index in [1.54, 1.807) is 13.8 Å². The lowest BCUT2D eigenvalue weighted by molar-refractivity contribution is -0.146. The molecule has 8 amide bonds. The van der Waals surface area contributed by atoms with Gasteiger partial charge < -0.3 is 53.2 Å². The van der Waals surface area contributed by atoms with E-state index in [4.69, 9.17) is 11.5 Å². The molecule has 0 saturated carbocycles. The first-order valence-electron chi connectivity index (χ1n) is 15.2. The number of aliphatic hydroxyl groups excluding tert-OH is 1. The van der Waals surface area contributed by atoms with Crippen molar-refractivity contribution in [1.82, 2.24) is 31.5 Å². The molecule has 1 aliphatic heterocycles. The fourth-order valence-electron chi connectivity index (χ4n) is 4.84. The molecule has 0 aromatic rings. The van der Waals surface area contributed by atoms with E-state index in [1.807, 2.05) is 0 Å². The Morgan fingerprint density at radius 1 is 0.812 bits per heavy atom. The van der Waals surface area contributed by atoms with Gasteiger partial charge in [-0.25, -0.2) is 4.79 Å². The molecule has 0 spiro atoms. The standard InChI is InChI=1S/C28H46N8O11S/c1-12(2)21(34-24(42)17(11-48)31-14(4)38)26(44)33-16(10-20(30)40)23(41)35-22(13(3)37)27(45)36-9-5-6-18(36)25(43)32-15(28(46)47)7-8-19(29)39/h12-13,15-18,21-22,37,48H,5-11H2,1-4H3,(H2,29,39)(H2,30,40)(H,31,38)(H,32,43)(H,33,44)(H,34,42)(H,35,41)(H,46,47)/t13-,15+,16+,17+,18+,21+,22+/m1/s1. The summed E-state index contributed by atoms with van der Waals surface area (Å²) in [6.45, 7) is 5.55. The van der Waals surface area contributed by atoms with E-state index in [9.17, 15) is 53.4 Å². The van der Waals surface area contributed by atoms with Gasteiger partial charge in [0.05, 0.1) is 12.5 Å². The molecule has 0 bridgehead atoms. The third-order valence-electron chi connectivity index (χ3n) is 7.34. The van der Waals surface area contributed by atoms with Gasteiger partial charge in [-0.15, -0.1) is 0 Å². The molecule has 1 rings (SSSR count). The second kappa shape index (κ2) is 19.4. The number of carbonyl (C=O) groups is 9. The molecule has 270 valence electrons. The smallest absolute Gasteiger partial charge is 0.326 e. The third-order valence-corrected chi connectivity index (χ3v) is 7.71. The SMILES string of the molecule is CC(=O)N[C@@H](CS)C(=O)N[C@H](C(=O)N[C@@H](CC(N)=O)C(=O)N[C@H](C(=O)N1CCC[C@H]1C(=O)N[C@@H](CCC(N)=O)C(=O)O)[C@@H](C)O)C(C)C. The largest absolute Gasteiger partial charge is 0.480 e. The van der Waals surface area contributed by atoms with Crippen molar-refractivity contribution in [3.63, 3.8) is 0 Å². The van der Waals surface area contributed by atoms with Crippen LogP contribution < -0.4 is 38.1 Å². The molecule has 20 heteroatoms. The lowest BCUT2D eigenvalue weighted by Crippen LogP contribution is -2.62. The number of aliphatic carboxylic acids is 1. The van der Waals surface area contributed by atoms with E-state index in [2.05, 4.69) is 39.2 Å². The molecule has 19 nitrogen and oxygen atoms in total. The van der Waals surface area contributed by atoms with Crippen LogP contribution in [0.25, 0.3) is 0 Å². The molecule has 0 radical (unpaired) electrons. The van der Waals surface area contributed by atoms with Gasteiger partial charge in [0.2, 0.25) is 47.3 Å². The molecule has 7 atom stereocenters. The second-order valence-corrected chi connectivity index (χ2v) is 12.1. The number of nitrogens with two attached hydrogens (primary N) is 2. The fraction of sp³-hybridized carbons (Fsp3) is 0.679. The van der Waals surface area contributed by atoms with E-state index in [0.717, 1.165) is 4.90 Å². The Morgan fingerprint density at radius 3 is 1.88 bits per heavy atom. The predicted octanol–water partition coefficient (Wildman–Crippen LogP) is -4.39. The number of nitrogens with zero attached hydrogens (tertiary/aromatic N) is 1. The van der Waals surface area contributed by atoms with E-state index < -0.39 is 108 Å². The molecule has 1 heterocycles. The van der Waals surface area contributed by atoms with Crippen LogP contribution in [0, 0.1) is 5.92 Å². The van der Waals surface area contributed by atoms with Crippen LogP contribution in [-0.2, 0) is 43.2 Å². The molecule has 0 aromatic heterocycles. The minimum atomic E-state index is -1.68. The summed E-state index contributed by atoms with van der Waals surface area (Å²) in [6, 6.07) is -8.34. The monoisotopic (exact) mass is 702 g/mol. The first kappa shape index (κ1) is 41.6. The van der Waals surface area contributed by atoms with Gasteiger partial charge in [0.1, 0.15) is 36.3 Å². The number of nitrogens with one attached hydrogen (secondary N) is 5. The van der Waals surface area contributed by atoms with Gasteiger partial charge in [0.25, 0.3) is 0 Å². The van der Waals surface area contributed by atoms with Gasteiger partial charge in [-0.1, -0.05) is 13.8 Å². The van der Waals surface area contributed by atoms with Crippen LogP contribution in [0.4, 0.5) is 0 Å². The highest BCUT2D eigenvalue weighted by molar-refractivity contribution is 7.80. The summed E-state index contributed by atoms with van der Waals surface area (Å²) in [6.07, 6.45) is -2.45. The van der Waals surface area contributed by atoms with Crippen LogP contribution in [0.5, 0.6) is 0 Å². The van der Waals surface area contributed by atoms with Gasteiger partial charge >= 0.3 is 5.97 Å². The van der Waals surface area contributed by atoms with Gasteiger partial charge in [0, 0.05) is 25.6 Å².